The molecule has 2 aromatic rings. The van der Waals surface area contributed by atoms with Crippen LogP contribution >= 0.6 is 15.9 Å². The van der Waals surface area contributed by atoms with Crippen LogP contribution in [0.15, 0.2) is 28.7 Å². The molecule has 1 aromatic carbocycles. The normalized spacial score (nSPS) is 14.8. The number of carbonyl (C=O) groups is 1. The van der Waals surface area contributed by atoms with Crippen LogP contribution in [0.1, 0.15) is 10.4 Å². The van der Waals surface area contributed by atoms with Crippen LogP contribution in [-0.4, -0.2) is 42.0 Å². The molecule has 9 heteroatoms. The second kappa shape index (κ2) is 6.99. The second-order valence-corrected chi connectivity index (χ2v) is 6.37. The average Bonchev–Trinajstić information content (AvgIpc) is 2.61. The number of carbonyl (C=O) groups excluding carboxylic acids is 1. The van der Waals surface area contributed by atoms with Gasteiger partial charge in [-0.25, -0.2) is 0 Å². The fraction of sp³-hybridized carbons (Fsp3) is 0.250. The Balaban J connectivity index is 1.74. The lowest BCUT2D eigenvalue weighted by Gasteiger charge is -2.36. The SMILES string of the molecule is O=C(c1ccc(Br)cc1)N1CCN(c2c(F)c(F)nc(F)c2F)CC1. The van der Waals surface area contributed by atoms with E-state index in [0.29, 0.717) is 5.56 Å². The quantitative estimate of drug-likeness (QED) is 0.555. The van der Waals surface area contributed by atoms with Crippen molar-refractivity contribution >= 4 is 27.5 Å². The summed E-state index contributed by atoms with van der Waals surface area (Å²) in [6.45, 7) is 0.413. The molecule has 1 saturated heterocycles. The van der Waals surface area contributed by atoms with Gasteiger partial charge < -0.3 is 9.80 Å². The van der Waals surface area contributed by atoms with E-state index in [2.05, 4.69) is 20.9 Å². The Kier molecular flexibility index (Phi) is 4.94. The topological polar surface area (TPSA) is 36.4 Å². The molecule has 0 N–H and O–H groups in total. The van der Waals surface area contributed by atoms with E-state index < -0.39 is 29.2 Å². The summed E-state index contributed by atoms with van der Waals surface area (Å²) >= 11 is 3.28. The zero-order chi connectivity index (χ0) is 18.1. The lowest BCUT2D eigenvalue weighted by Crippen LogP contribution is -2.49. The molecular weight excluding hydrogens is 406 g/mol. The maximum Gasteiger partial charge on any atom is 0.253 e. The van der Waals surface area contributed by atoms with Crippen molar-refractivity contribution in [2.75, 3.05) is 31.1 Å². The summed E-state index contributed by atoms with van der Waals surface area (Å²) in [5.74, 6) is -6.68. The predicted octanol–water partition coefficient (Wildman–Crippen LogP) is 3.36. The van der Waals surface area contributed by atoms with Crippen LogP contribution in [-0.2, 0) is 0 Å². The van der Waals surface area contributed by atoms with E-state index in [1.165, 1.54) is 9.80 Å². The van der Waals surface area contributed by atoms with Crippen LogP contribution in [0.2, 0.25) is 0 Å². The van der Waals surface area contributed by atoms with Crippen molar-refractivity contribution < 1.29 is 22.4 Å². The van der Waals surface area contributed by atoms with E-state index in [4.69, 9.17) is 0 Å². The van der Waals surface area contributed by atoms with Crippen molar-refractivity contribution in [3.63, 3.8) is 0 Å². The van der Waals surface area contributed by atoms with Gasteiger partial charge in [-0.05, 0) is 24.3 Å². The standard InChI is InChI=1S/C16H12BrF4N3O/c17-10-3-1-9(2-4-10)16(25)24-7-5-23(6-8-24)13-11(18)14(20)22-15(21)12(13)19/h1-4H,5-8H2. The summed E-state index contributed by atoms with van der Waals surface area (Å²) in [4.78, 5) is 17.6. The number of amides is 1. The highest BCUT2D eigenvalue weighted by Gasteiger charge is 2.29. The molecule has 0 spiro atoms. The van der Waals surface area contributed by atoms with Gasteiger partial charge in [0.25, 0.3) is 17.8 Å². The summed E-state index contributed by atoms with van der Waals surface area (Å²) in [7, 11) is 0. The Bertz CT molecular complexity index is 782. The first-order valence-electron chi connectivity index (χ1n) is 7.38. The predicted molar refractivity (Wildman–Crippen MR) is 86.3 cm³/mol. The van der Waals surface area contributed by atoms with Gasteiger partial charge in [0.1, 0.15) is 5.69 Å². The highest BCUT2D eigenvalue weighted by Crippen LogP contribution is 2.27. The summed E-state index contributed by atoms with van der Waals surface area (Å²) < 4.78 is 55.0. The van der Waals surface area contributed by atoms with E-state index >= 15 is 0 Å². The third kappa shape index (κ3) is 3.46. The van der Waals surface area contributed by atoms with E-state index in [0.717, 1.165) is 4.47 Å². The second-order valence-electron chi connectivity index (χ2n) is 5.46. The molecular formula is C16H12BrF4N3O. The Morgan fingerprint density at radius 3 is 1.96 bits per heavy atom. The van der Waals surface area contributed by atoms with E-state index in [1.807, 2.05) is 0 Å². The third-order valence-corrected chi connectivity index (χ3v) is 4.48. The average molecular weight is 418 g/mol. The Morgan fingerprint density at radius 1 is 0.920 bits per heavy atom. The number of aromatic nitrogens is 1. The van der Waals surface area contributed by atoms with Crippen molar-refractivity contribution in [3.8, 4) is 0 Å². The largest absolute Gasteiger partial charge is 0.363 e. The van der Waals surface area contributed by atoms with Crippen molar-refractivity contribution in [1.82, 2.24) is 9.88 Å². The van der Waals surface area contributed by atoms with E-state index in [9.17, 15) is 22.4 Å². The molecule has 2 heterocycles. The first kappa shape index (κ1) is 17.7. The maximum absolute atomic E-state index is 13.8. The van der Waals surface area contributed by atoms with Crippen LogP contribution in [0.5, 0.6) is 0 Å². The van der Waals surface area contributed by atoms with Gasteiger partial charge in [0, 0.05) is 36.2 Å². The fourth-order valence-corrected chi connectivity index (χ4v) is 2.93. The lowest BCUT2D eigenvalue weighted by molar-refractivity contribution is 0.0746. The van der Waals surface area contributed by atoms with Gasteiger partial charge in [-0.2, -0.15) is 22.5 Å². The van der Waals surface area contributed by atoms with Crippen molar-refractivity contribution in [2.45, 2.75) is 0 Å². The number of rotatable bonds is 2. The Morgan fingerprint density at radius 2 is 1.44 bits per heavy atom. The molecule has 0 saturated carbocycles. The van der Waals surface area contributed by atoms with Crippen LogP contribution in [0.3, 0.4) is 0 Å². The third-order valence-electron chi connectivity index (χ3n) is 3.95. The maximum atomic E-state index is 13.8. The Hall–Kier alpha value is -2.16. The first-order chi connectivity index (χ1) is 11.9. The van der Waals surface area contributed by atoms with Crippen LogP contribution in [0, 0.1) is 23.5 Å². The zero-order valence-corrected chi connectivity index (χ0v) is 14.4. The minimum Gasteiger partial charge on any atom is -0.363 e. The van der Waals surface area contributed by atoms with Crippen LogP contribution in [0.4, 0.5) is 23.2 Å². The number of halogens is 5. The molecule has 1 amide bonds. The Labute approximate surface area is 149 Å². The van der Waals surface area contributed by atoms with E-state index in [-0.39, 0.29) is 32.1 Å². The number of benzene rings is 1. The van der Waals surface area contributed by atoms with Gasteiger partial charge in [-0.15, -0.1) is 0 Å². The molecule has 132 valence electrons. The summed E-state index contributed by atoms with van der Waals surface area (Å²) in [6.07, 6.45) is 0. The molecule has 0 radical (unpaired) electrons. The van der Waals surface area contributed by atoms with Crippen LogP contribution < -0.4 is 4.90 Å². The highest BCUT2D eigenvalue weighted by atomic mass is 79.9. The van der Waals surface area contributed by atoms with Gasteiger partial charge in [0.05, 0.1) is 0 Å². The van der Waals surface area contributed by atoms with Gasteiger partial charge >= 0.3 is 0 Å². The molecule has 0 aliphatic carbocycles. The van der Waals surface area contributed by atoms with Crippen molar-refractivity contribution in [2.24, 2.45) is 0 Å². The van der Waals surface area contributed by atoms with Crippen molar-refractivity contribution in [1.29, 1.82) is 0 Å². The first-order valence-corrected chi connectivity index (χ1v) is 8.17. The van der Waals surface area contributed by atoms with Crippen molar-refractivity contribution in [3.05, 3.63) is 57.8 Å². The van der Waals surface area contributed by atoms with E-state index in [1.54, 1.807) is 24.3 Å². The summed E-state index contributed by atoms with van der Waals surface area (Å²) in [6, 6.07) is 6.78. The highest BCUT2D eigenvalue weighted by molar-refractivity contribution is 9.10. The molecule has 1 fully saturated rings. The molecule has 4 nitrogen and oxygen atoms in total. The number of nitrogens with zero attached hydrogens (tertiary/aromatic N) is 3. The number of anilines is 1. The smallest absolute Gasteiger partial charge is 0.253 e. The number of hydrogen-bond donors (Lipinski definition) is 0. The van der Waals surface area contributed by atoms with Gasteiger partial charge in [0.2, 0.25) is 11.6 Å². The molecule has 1 aliphatic heterocycles. The molecule has 0 bridgehead atoms. The van der Waals surface area contributed by atoms with Crippen LogP contribution in [0.25, 0.3) is 0 Å². The summed E-state index contributed by atoms with van der Waals surface area (Å²) in [5.41, 5.74) is -0.309. The fourth-order valence-electron chi connectivity index (χ4n) is 2.66. The molecule has 1 aromatic heterocycles. The molecule has 0 unspecified atom stereocenters. The lowest BCUT2D eigenvalue weighted by atomic mass is 10.1. The molecule has 25 heavy (non-hydrogen) atoms. The number of hydrogen-bond acceptors (Lipinski definition) is 3. The molecule has 3 rings (SSSR count). The summed E-state index contributed by atoms with van der Waals surface area (Å²) in [5, 5.41) is 0. The minimum absolute atomic E-state index is 0.0407. The van der Waals surface area contributed by atoms with Gasteiger partial charge in [-0.1, -0.05) is 15.9 Å². The zero-order valence-electron chi connectivity index (χ0n) is 12.8. The molecule has 0 atom stereocenters. The molecule has 1 aliphatic rings. The van der Waals surface area contributed by atoms with Gasteiger partial charge in [-0.3, -0.25) is 4.79 Å². The minimum atomic E-state index is -1.69. The van der Waals surface area contributed by atoms with Gasteiger partial charge in [0.15, 0.2) is 0 Å². The number of piperazine rings is 1. The monoisotopic (exact) mass is 417 g/mol. The number of pyridine rings is 1.